The summed E-state index contributed by atoms with van der Waals surface area (Å²) in [5.41, 5.74) is 4.66. The number of nitrogens with zero attached hydrogens (tertiary/aromatic N) is 4. The summed E-state index contributed by atoms with van der Waals surface area (Å²) < 4.78 is 13.8. The van der Waals surface area contributed by atoms with Crippen LogP contribution in [0.3, 0.4) is 0 Å². The molecule has 0 unspecified atom stereocenters. The first-order valence-corrected chi connectivity index (χ1v) is 14.2. The molecular formula is C32H34N4O5. The Morgan fingerprint density at radius 2 is 1.76 bits per heavy atom. The van der Waals surface area contributed by atoms with Gasteiger partial charge in [-0.1, -0.05) is 30.3 Å². The van der Waals surface area contributed by atoms with Gasteiger partial charge < -0.3 is 19.1 Å². The van der Waals surface area contributed by atoms with Gasteiger partial charge in [-0.2, -0.15) is 0 Å². The molecule has 6 rings (SSSR count). The Labute approximate surface area is 238 Å². The van der Waals surface area contributed by atoms with Crippen LogP contribution in [0.15, 0.2) is 60.7 Å². The maximum Gasteiger partial charge on any atom is 0.335 e. The second-order valence-corrected chi connectivity index (χ2v) is 10.9. The van der Waals surface area contributed by atoms with E-state index in [1.54, 1.807) is 25.1 Å². The minimum absolute atomic E-state index is 0.0501. The number of aromatic nitrogens is 3. The van der Waals surface area contributed by atoms with E-state index in [9.17, 15) is 14.7 Å². The van der Waals surface area contributed by atoms with E-state index in [4.69, 9.17) is 19.4 Å². The third-order valence-corrected chi connectivity index (χ3v) is 8.12. The summed E-state index contributed by atoms with van der Waals surface area (Å²) >= 11 is 0. The Morgan fingerprint density at radius 3 is 2.44 bits per heavy atom. The van der Waals surface area contributed by atoms with Crippen molar-refractivity contribution in [3.63, 3.8) is 0 Å². The number of hydrogen-bond donors (Lipinski definition) is 1. The van der Waals surface area contributed by atoms with Crippen molar-refractivity contribution in [3.8, 4) is 5.88 Å². The van der Waals surface area contributed by atoms with Gasteiger partial charge in [0.05, 0.1) is 35.8 Å². The lowest BCUT2D eigenvalue weighted by Gasteiger charge is -2.32. The van der Waals surface area contributed by atoms with Gasteiger partial charge in [-0.25, -0.2) is 14.8 Å². The summed E-state index contributed by atoms with van der Waals surface area (Å²) in [6.45, 7) is 5.96. The Bertz CT molecular complexity index is 1550. The topological polar surface area (TPSA) is 107 Å². The van der Waals surface area contributed by atoms with Crippen LogP contribution in [0.5, 0.6) is 5.88 Å². The van der Waals surface area contributed by atoms with Gasteiger partial charge in [-0.3, -0.25) is 9.69 Å². The van der Waals surface area contributed by atoms with E-state index in [1.165, 1.54) is 0 Å². The largest absolute Gasteiger partial charge is 0.478 e. The van der Waals surface area contributed by atoms with Crippen molar-refractivity contribution in [2.45, 2.75) is 57.9 Å². The molecule has 41 heavy (non-hydrogen) atoms. The maximum absolute atomic E-state index is 11.6. The summed E-state index contributed by atoms with van der Waals surface area (Å²) in [6.07, 6.45) is 3.12. The molecule has 2 aliphatic heterocycles. The number of benzene rings is 2. The number of ketones is 1. The molecule has 0 amide bonds. The molecule has 2 fully saturated rings. The van der Waals surface area contributed by atoms with Crippen LogP contribution >= 0.6 is 0 Å². The first kappa shape index (κ1) is 27.1. The zero-order valence-electron chi connectivity index (χ0n) is 23.2. The smallest absolute Gasteiger partial charge is 0.335 e. The molecule has 4 aromatic rings. The molecule has 1 N–H and O–H groups in total. The molecule has 9 heteroatoms. The number of Topliss-reactive ketones (excluding diaryl/α,β-unsaturated/α-hetero) is 1. The Hall–Kier alpha value is -4.08. The molecule has 0 radical (unpaired) electrons. The summed E-state index contributed by atoms with van der Waals surface area (Å²) in [4.78, 5) is 35.2. The Kier molecular flexibility index (Phi) is 7.80. The fourth-order valence-electron chi connectivity index (χ4n) is 5.58. The van der Waals surface area contributed by atoms with Crippen LogP contribution in [0.4, 0.5) is 0 Å². The lowest BCUT2D eigenvalue weighted by atomic mass is 9.93. The molecule has 212 valence electrons. The maximum atomic E-state index is 11.6. The first-order chi connectivity index (χ1) is 19.9. The molecule has 1 atom stereocenters. The molecule has 2 aromatic carbocycles. The number of carbonyl (C=O) groups excluding carboxylic acids is 1. The van der Waals surface area contributed by atoms with Gasteiger partial charge in [0.25, 0.3) is 0 Å². The van der Waals surface area contributed by atoms with Crippen LogP contribution < -0.4 is 4.74 Å². The lowest BCUT2D eigenvalue weighted by molar-refractivity contribution is -0.0592. The standard InChI is InChI=1S/C32H34N4O5/c1-21(37)23-7-5-22(6-8-23)20-41-31-4-2-3-27(34-31)24-11-14-35(15-12-24)19-30-33-28-10-9-25(32(38)39)17-29(28)36(30)18-26-13-16-40-26/h2-10,17,24,26H,11-16,18-20H2,1H3,(H,38,39)/t26-/m0/s1. The molecule has 0 spiro atoms. The van der Waals surface area contributed by atoms with E-state index in [1.807, 2.05) is 36.4 Å². The van der Waals surface area contributed by atoms with Crippen molar-refractivity contribution in [2.75, 3.05) is 19.7 Å². The van der Waals surface area contributed by atoms with Crippen LogP contribution in [0.2, 0.25) is 0 Å². The molecule has 4 heterocycles. The molecule has 2 aliphatic rings. The van der Waals surface area contributed by atoms with Gasteiger partial charge in [-0.05, 0) is 69.1 Å². The third kappa shape index (κ3) is 6.16. The van der Waals surface area contributed by atoms with Crippen LogP contribution in [-0.2, 0) is 24.4 Å². The number of rotatable bonds is 10. The van der Waals surface area contributed by atoms with E-state index >= 15 is 0 Å². The minimum atomic E-state index is -0.936. The van der Waals surface area contributed by atoms with Crippen molar-refractivity contribution in [1.82, 2.24) is 19.4 Å². The van der Waals surface area contributed by atoms with Crippen molar-refractivity contribution in [3.05, 3.63) is 88.9 Å². The van der Waals surface area contributed by atoms with Gasteiger partial charge in [0, 0.05) is 29.8 Å². The molecule has 0 saturated carbocycles. The predicted molar refractivity (Wildman–Crippen MR) is 153 cm³/mol. The third-order valence-electron chi connectivity index (χ3n) is 8.12. The average molecular weight is 555 g/mol. The molecular weight excluding hydrogens is 520 g/mol. The molecule has 2 saturated heterocycles. The van der Waals surface area contributed by atoms with E-state index < -0.39 is 5.97 Å². The second-order valence-electron chi connectivity index (χ2n) is 10.9. The highest BCUT2D eigenvalue weighted by Crippen LogP contribution is 2.30. The number of carboxylic acid groups (broad SMARTS) is 1. The lowest BCUT2D eigenvalue weighted by Crippen LogP contribution is -2.35. The predicted octanol–water partition coefficient (Wildman–Crippen LogP) is 5.08. The van der Waals surface area contributed by atoms with E-state index in [0.717, 1.165) is 67.1 Å². The van der Waals surface area contributed by atoms with Gasteiger partial charge >= 0.3 is 5.97 Å². The number of likely N-dealkylation sites (tertiary alicyclic amines) is 1. The van der Waals surface area contributed by atoms with Crippen molar-refractivity contribution < 1.29 is 24.2 Å². The highest BCUT2D eigenvalue weighted by atomic mass is 16.5. The van der Waals surface area contributed by atoms with Gasteiger partial charge in [-0.15, -0.1) is 0 Å². The Morgan fingerprint density at radius 1 is 1.00 bits per heavy atom. The summed E-state index contributed by atoms with van der Waals surface area (Å²) in [5.74, 6) is 1.02. The van der Waals surface area contributed by atoms with E-state index in [-0.39, 0.29) is 17.5 Å². The number of ether oxygens (including phenoxy) is 2. The summed E-state index contributed by atoms with van der Waals surface area (Å²) in [5, 5.41) is 9.50. The Balaban J connectivity index is 1.09. The molecule has 0 aliphatic carbocycles. The molecule has 2 aromatic heterocycles. The monoisotopic (exact) mass is 554 g/mol. The number of carbonyl (C=O) groups is 2. The average Bonchev–Trinajstić information content (AvgIpc) is 3.30. The fraction of sp³-hybridized carbons (Fsp3) is 0.375. The number of fused-ring (bicyclic) bond motifs is 1. The minimum Gasteiger partial charge on any atom is -0.478 e. The quantitative estimate of drug-likeness (QED) is 0.271. The summed E-state index contributed by atoms with van der Waals surface area (Å²) in [6, 6.07) is 18.6. The highest BCUT2D eigenvalue weighted by molar-refractivity contribution is 5.94. The van der Waals surface area contributed by atoms with Crippen molar-refractivity contribution in [2.24, 2.45) is 0 Å². The van der Waals surface area contributed by atoms with Gasteiger partial charge in [0.1, 0.15) is 12.4 Å². The van der Waals surface area contributed by atoms with E-state index in [2.05, 4.69) is 15.5 Å². The number of hydrogen-bond acceptors (Lipinski definition) is 7. The first-order valence-electron chi connectivity index (χ1n) is 14.2. The van der Waals surface area contributed by atoms with Crippen LogP contribution in [-0.4, -0.2) is 62.1 Å². The zero-order chi connectivity index (χ0) is 28.3. The van der Waals surface area contributed by atoms with Crippen molar-refractivity contribution >= 4 is 22.8 Å². The summed E-state index contributed by atoms with van der Waals surface area (Å²) in [7, 11) is 0. The van der Waals surface area contributed by atoms with Gasteiger partial charge in [0.15, 0.2) is 5.78 Å². The number of imidazole rings is 1. The van der Waals surface area contributed by atoms with Crippen LogP contribution in [0.1, 0.15) is 69.9 Å². The van der Waals surface area contributed by atoms with E-state index in [0.29, 0.717) is 37.1 Å². The highest BCUT2D eigenvalue weighted by Gasteiger charge is 2.26. The number of pyridine rings is 1. The second kappa shape index (κ2) is 11.8. The van der Waals surface area contributed by atoms with Crippen molar-refractivity contribution in [1.29, 1.82) is 0 Å². The number of carboxylic acids is 1. The SMILES string of the molecule is CC(=O)c1ccc(COc2cccc(C3CCN(Cc4nc5ccc(C(=O)O)cc5n4C[C@@H]4CCO4)CC3)n2)cc1. The van der Waals surface area contributed by atoms with Crippen LogP contribution in [0.25, 0.3) is 11.0 Å². The van der Waals surface area contributed by atoms with Gasteiger partial charge in [0.2, 0.25) is 5.88 Å². The zero-order valence-corrected chi connectivity index (χ0v) is 23.2. The number of piperidine rings is 1. The molecule has 0 bridgehead atoms. The fourth-order valence-corrected chi connectivity index (χ4v) is 5.58. The molecule has 9 nitrogen and oxygen atoms in total. The van der Waals surface area contributed by atoms with Crippen LogP contribution in [0, 0.1) is 0 Å². The normalized spacial score (nSPS) is 17.8. The number of aromatic carboxylic acids is 1.